The molecule has 0 fully saturated rings. The number of carbonyl (C=O) groups is 2. The van der Waals surface area contributed by atoms with Crippen LogP contribution in [0.4, 0.5) is 0 Å². The summed E-state index contributed by atoms with van der Waals surface area (Å²) in [6, 6.07) is 47.6. The highest BCUT2D eigenvalue weighted by Gasteiger charge is 2.17. The summed E-state index contributed by atoms with van der Waals surface area (Å²) in [6.07, 6.45) is 6.01. The Morgan fingerprint density at radius 3 is 1.41 bits per heavy atom. The van der Waals surface area contributed by atoms with E-state index in [1.54, 1.807) is 0 Å². The first-order chi connectivity index (χ1) is 32.2. The molecular weight excluding hydrogens is 872 g/mol. The number of carbonyl (C=O) groups excluding carboxylic acids is 2. The molecule has 12 heteroatoms. The second-order valence-corrected chi connectivity index (χ2v) is 16.8. The van der Waals surface area contributed by atoms with E-state index < -0.39 is 0 Å². The summed E-state index contributed by atoms with van der Waals surface area (Å²) in [5.41, 5.74) is 7.61. The van der Waals surface area contributed by atoms with Crippen LogP contribution in [0.3, 0.4) is 0 Å². The van der Waals surface area contributed by atoms with Crippen molar-refractivity contribution >= 4 is 57.2 Å². The number of imidazole rings is 2. The summed E-state index contributed by atoms with van der Waals surface area (Å²) in [4.78, 5) is 32.6. The molecule has 0 atom stereocenters. The molecule has 10 nitrogen and oxygen atoms in total. The number of fused-ring (bicyclic) bond motifs is 2. The highest BCUT2D eigenvalue weighted by Crippen LogP contribution is 2.33. The lowest BCUT2D eigenvalue weighted by atomic mass is 10.2. The maximum atomic E-state index is 11.6. The van der Waals surface area contributed by atoms with Crippen molar-refractivity contribution in [2.45, 2.75) is 71.3 Å². The van der Waals surface area contributed by atoms with Crippen LogP contribution >= 0.6 is 23.2 Å². The number of hydrogen-bond acceptors (Lipinski definition) is 8. The van der Waals surface area contributed by atoms with E-state index in [2.05, 4.69) is 26.0 Å². The lowest BCUT2D eigenvalue weighted by Gasteiger charge is -2.11. The molecule has 0 spiro atoms. The van der Waals surface area contributed by atoms with Gasteiger partial charge in [-0.1, -0.05) is 96.0 Å². The van der Waals surface area contributed by atoms with Gasteiger partial charge in [0.25, 0.3) is 0 Å². The summed E-state index contributed by atoms with van der Waals surface area (Å²) >= 11 is 12.6. The second-order valence-electron chi connectivity index (χ2n) is 16.0. The van der Waals surface area contributed by atoms with Crippen LogP contribution < -0.4 is 9.47 Å². The van der Waals surface area contributed by atoms with E-state index in [1.165, 1.54) is 7.11 Å². The molecule has 6 aromatic carbocycles. The fourth-order valence-corrected chi connectivity index (χ4v) is 7.87. The Labute approximate surface area is 396 Å². The molecular formula is C54H54Cl2N4O6. The van der Waals surface area contributed by atoms with E-state index in [0.29, 0.717) is 36.1 Å². The number of hydrogen-bond donors (Lipinski definition) is 0. The van der Waals surface area contributed by atoms with Gasteiger partial charge in [0, 0.05) is 57.5 Å². The van der Waals surface area contributed by atoms with Crippen molar-refractivity contribution in [2.75, 3.05) is 20.3 Å². The molecule has 0 aliphatic heterocycles. The van der Waals surface area contributed by atoms with Crippen LogP contribution in [-0.2, 0) is 19.1 Å². The molecule has 0 bridgehead atoms. The van der Waals surface area contributed by atoms with E-state index >= 15 is 0 Å². The van der Waals surface area contributed by atoms with Crippen molar-refractivity contribution in [1.82, 2.24) is 19.1 Å². The van der Waals surface area contributed by atoms with Gasteiger partial charge in [0.05, 0.1) is 48.5 Å². The van der Waals surface area contributed by atoms with E-state index in [1.807, 2.05) is 147 Å². The predicted molar refractivity (Wildman–Crippen MR) is 264 cm³/mol. The second kappa shape index (κ2) is 23.5. The third-order valence-corrected chi connectivity index (χ3v) is 11.1. The van der Waals surface area contributed by atoms with Crippen molar-refractivity contribution < 1.29 is 28.5 Å². The smallest absolute Gasteiger partial charge is 0.306 e. The van der Waals surface area contributed by atoms with E-state index in [-0.39, 0.29) is 18.0 Å². The van der Waals surface area contributed by atoms with Crippen molar-refractivity contribution in [2.24, 2.45) is 0 Å². The van der Waals surface area contributed by atoms with Gasteiger partial charge in [-0.25, -0.2) is 9.97 Å². The van der Waals surface area contributed by atoms with Gasteiger partial charge in [-0.3, -0.25) is 18.7 Å². The van der Waals surface area contributed by atoms with Gasteiger partial charge < -0.3 is 18.9 Å². The third kappa shape index (κ3) is 12.8. The van der Waals surface area contributed by atoms with Crippen LogP contribution in [0.2, 0.25) is 10.0 Å². The zero-order valence-corrected chi connectivity index (χ0v) is 39.0. The zero-order valence-electron chi connectivity index (χ0n) is 37.5. The summed E-state index contributed by atoms with van der Waals surface area (Å²) in [5, 5.41) is 1.34. The Hall–Kier alpha value is -6.62. The number of aromatic nitrogens is 4. The fraction of sp³-hybridized carbons (Fsp3) is 0.259. The Bertz CT molecular complexity index is 2840. The van der Waals surface area contributed by atoms with Gasteiger partial charge in [-0.05, 0) is 113 Å². The normalized spacial score (nSPS) is 11.1. The summed E-state index contributed by atoms with van der Waals surface area (Å²) in [6.45, 7) is 4.90. The van der Waals surface area contributed by atoms with Crippen molar-refractivity contribution in [3.63, 3.8) is 0 Å². The van der Waals surface area contributed by atoms with Crippen LogP contribution in [-0.4, -0.2) is 57.5 Å². The van der Waals surface area contributed by atoms with E-state index in [4.69, 9.17) is 47.4 Å². The monoisotopic (exact) mass is 924 g/mol. The number of methoxy groups -OCH3 is 1. The number of ether oxygens (including phenoxy) is 4. The standard InChI is InChI=1S/C28H29ClN2O3.C26H25ClN2O3/c1-20(2)34-27(32)14-7-4-8-17-33-24-15-16-25-26(19-24)31(23-13-9-12-22(29)18-23)28(30-25)21-10-5-3-6-11-21;1-31-25(30)13-6-3-7-16-32-22-14-15-23-24(18-22)29(21-12-8-11-20(27)17-21)26(28-23)19-9-4-2-5-10-19/h3,5-6,9-13,15-16,18-20H,4,7-8,14,17H2,1-2H3;2,4-5,8-12,14-15,17-18H,3,6-7,13,16H2,1H3. The maximum absolute atomic E-state index is 11.6. The molecule has 0 saturated carbocycles. The molecule has 0 amide bonds. The minimum Gasteiger partial charge on any atom is -0.494 e. The molecule has 0 unspecified atom stereocenters. The van der Waals surface area contributed by atoms with Crippen molar-refractivity contribution in [3.8, 4) is 45.6 Å². The van der Waals surface area contributed by atoms with Gasteiger partial charge in [0.2, 0.25) is 0 Å². The molecule has 66 heavy (non-hydrogen) atoms. The minimum atomic E-state index is -0.167. The molecule has 0 N–H and O–H groups in total. The highest BCUT2D eigenvalue weighted by molar-refractivity contribution is 6.31. The molecule has 0 saturated heterocycles. The molecule has 0 aliphatic carbocycles. The van der Waals surface area contributed by atoms with E-state index in [0.717, 1.165) is 106 Å². The number of esters is 2. The topological polar surface area (TPSA) is 107 Å². The Balaban J connectivity index is 0.000000197. The lowest BCUT2D eigenvalue weighted by molar-refractivity contribution is -0.147. The first-order valence-electron chi connectivity index (χ1n) is 22.4. The SMILES string of the molecule is CC(C)OC(=O)CCCCCOc1ccc2nc(-c3ccccc3)n(-c3cccc(Cl)c3)c2c1.COC(=O)CCCCCOc1ccc2nc(-c3ccccc3)n(-c3cccc(Cl)c3)c2c1. The number of unbranched alkanes of at least 4 members (excludes halogenated alkanes) is 4. The summed E-state index contributed by atoms with van der Waals surface area (Å²) in [5.74, 6) is 2.97. The van der Waals surface area contributed by atoms with Gasteiger partial charge in [-0.2, -0.15) is 0 Å². The Kier molecular flexibility index (Phi) is 16.9. The Morgan fingerprint density at radius 1 is 0.530 bits per heavy atom. The Morgan fingerprint density at radius 2 is 0.985 bits per heavy atom. The molecule has 0 aliphatic rings. The first-order valence-corrected chi connectivity index (χ1v) is 23.1. The van der Waals surface area contributed by atoms with Crippen LogP contribution in [0.1, 0.15) is 65.2 Å². The molecule has 2 aromatic heterocycles. The van der Waals surface area contributed by atoms with Crippen molar-refractivity contribution in [1.29, 1.82) is 0 Å². The van der Waals surface area contributed by atoms with Gasteiger partial charge in [-0.15, -0.1) is 0 Å². The highest BCUT2D eigenvalue weighted by atomic mass is 35.5. The molecule has 8 aromatic rings. The third-order valence-electron chi connectivity index (χ3n) is 10.6. The number of benzene rings is 6. The van der Waals surface area contributed by atoms with Crippen LogP contribution in [0.25, 0.3) is 56.2 Å². The first kappa shape index (κ1) is 47.3. The lowest BCUT2D eigenvalue weighted by Crippen LogP contribution is -2.11. The summed E-state index contributed by atoms with van der Waals surface area (Å²) < 4.78 is 26.1. The average molecular weight is 926 g/mol. The van der Waals surface area contributed by atoms with Gasteiger partial charge in [0.15, 0.2) is 0 Å². The number of rotatable bonds is 19. The van der Waals surface area contributed by atoms with Crippen LogP contribution in [0.5, 0.6) is 11.5 Å². The van der Waals surface area contributed by atoms with Crippen LogP contribution in [0.15, 0.2) is 146 Å². The average Bonchev–Trinajstić information content (AvgIpc) is 3.90. The zero-order chi connectivity index (χ0) is 46.3. The van der Waals surface area contributed by atoms with Crippen molar-refractivity contribution in [3.05, 3.63) is 156 Å². The number of nitrogens with zero attached hydrogens (tertiary/aromatic N) is 4. The maximum Gasteiger partial charge on any atom is 0.306 e. The fourth-order valence-electron chi connectivity index (χ4n) is 7.50. The van der Waals surface area contributed by atoms with Crippen LogP contribution in [0, 0.1) is 0 Å². The molecule has 0 radical (unpaired) electrons. The number of halogens is 2. The molecule has 2 heterocycles. The minimum absolute atomic E-state index is 0.0616. The van der Waals surface area contributed by atoms with Gasteiger partial charge in [0.1, 0.15) is 23.1 Å². The quantitative estimate of drug-likeness (QED) is 0.0583. The molecule has 8 rings (SSSR count). The van der Waals surface area contributed by atoms with Gasteiger partial charge >= 0.3 is 11.9 Å². The summed E-state index contributed by atoms with van der Waals surface area (Å²) in [7, 11) is 1.42. The predicted octanol–water partition coefficient (Wildman–Crippen LogP) is 13.7. The largest absolute Gasteiger partial charge is 0.494 e. The van der Waals surface area contributed by atoms with E-state index in [9.17, 15) is 9.59 Å². The molecule has 340 valence electrons.